The van der Waals surface area contributed by atoms with Crippen molar-refractivity contribution in [3.8, 4) is 5.69 Å². The molecular formula is C19H23N5. The van der Waals surface area contributed by atoms with Gasteiger partial charge in [-0.15, -0.1) is 0 Å². The second-order valence-corrected chi connectivity index (χ2v) is 6.54. The van der Waals surface area contributed by atoms with Gasteiger partial charge in [0.1, 0.15) is 12.1 Å². The smallest absolute Gasteiger partial charge is 0.128 e. The lowest BCUT2D eigenvalue weighted by Crippen LogP contribution is -2.38. The lowest BCUT2D eigenvalue weighted by molar-refractivity contribution is 0.346. The molecule has 4 rings (SSSR count). The first-order chi connectivity index (χ1) is 11.8. The number of para-hydroxylation sites is 2. The van der Waals surface area contributed by atoms with Crippen LogP contribution in [0.1, 0.15) is 19.8 Å². The van der Waals surface area contributed by atoms with Crippen LogP contribution in [0.15, 0.2) is 48.9 Å². The van der Waals surface area contributed by atoms with Crippen molar-refractivity contribution in [2.75, 3.05) is 18.4 Å². The van der Waals surface area contributed by atoms with Gasteiger partial charge in [-0.2, -0.15) is 0 Å². The number of piperidine rings is 1. The summed E-state index contributed by atoms with van der Waals surface area (Å²) < 4.78 is 2.11. The molecule has 3 heterocycles. The molecule has 5 heteroatoms. The highest BCUT2D eigenvalue weighted by Gasteiger charge is 2.20. The van der Waals surface area contributed by atoms with Crippen LogP contribution in [0.3, 0.4) is 0 Å². The summed E-state index contributed by atoms with van der Waals surface area (Å²) in [6.07, 6.45) is 6.26. The monoisotopic (exact) mass is 321 g/mol. The fourth-order valence-corrected chi connectivity index (χ4v) is 3.47. The largest absolute Gasteiger partial charge is 0.367 e. The highest BCUT2D eigenvalue weighted by atomic mass is 15.1. The first kappa shape index (κ1) is 15.1. The molecule has 1 aromatic carbocycles. The molecule has 2 unspecified atom stereocenters. The van der Waals surface area contributed by atoms with Crippen molar-refractivity contribution in [1.29, 1.82) is 0 Å². The minimum Gasteiger partial charge on any atom is -0.367 e. The maximum Gasteiger partial charge on any atom is 0.128 e. The molecule has 2 N–H and O–H groups in total. The van der Waals surface area contributed by atoms with E-state index in [1.54, 1.807) is 0 Å². The Balaban J connectivity index is 1.57. The Kier molecular flexibility index (Phi) is 4.17. The molecular weight excluding hydrogens is 298 g/mol. The lowest BCUT2D eigenvalue weighted by atomic mass is 9.93. The van der Waals surface area contributed by atoms with E-state index in [9.17, 15) is 0 Å². The fraction of sp³-hybridized carbons (Fsp3) is 0.368. The molecule has 1 fully saturated rings. The van der Waals surface area contributed by atoms with Gasteiger partial charge in [-0.05, 0) is 57.0 Å². The second-order valence-electron chi connectivity index (χ2n) is 6.54. The average molecular weight is 321 g/mol. The highest BCUT2D eigenvalue weighted by molar-refractivity contribution is 5.77. The van der Waals surface area contributed by atoms with E-state index in [2.05, 4.69) is 44.2 Å². The number of aromatic nitrogens is 3. The van der Waals surface area contributed by atoms with Crippen LogP contribution in [0.4, 0.5) is 5.82 Å². The zero-order valence-electron chi connectivity index (χ0n) is 13.9. The van der Waals surface area contributed by atoms with Gasteiger partial charge >= 0.3 is 0 Å². The molecule has 0 amide bonds. The lowest BCUT2D eigenvalue weighted by Gasteiger charge is -2.29. The Hall–Kier alpha value is -2.40. The van der Waals surface area contributed by atoms with Gasteiger partial charge in [-0.1, -0.05) is 12.1 Å². The topological polar surface area (TPSA) is 54.8 Å². The van der Waals surface area contributed by atoms with E-state index >= 15 is 0 Å². The number of anilines is 1. The van der Waals surface area contributed by atoms with Gasteiger partial charge in [-0.25, -0.2) is 9.97 Å². The number of imidazole rings is 1. The Labute approximate surface area is 142 Å². The van der Waals surface area contributed by atoms with Gasteiger partial charge in [0.05, 0.1) is 16.7 Å². The van der Waals surface area contributed by atoms with Crippen LogP contribution in [0.25, 0.3) is 16.7 Å². The maximum atomic E-state index is 4.50. The molecule has 1 aliphatic heterocycles. The SMILES string of the molecule is CC(Nc1cc(-n2cnc3ccccc32)ccn1)C1CCCNC1. The van der Waals surface area contributed by atoms with Crippen molar-refractivity contribution < 1.29 is 0 Å². The molecule has 0 saturated carbocycles. The predicted octanol–water partition coefficient (Wildman–Crippen LogP) is 3.22. The molecule has 2 atom stereocenters. The van der Waals surface area contributed by atoms with Crippen molar-refractivity contribution in [3.05, 3.63) is 48.9 Å². The van der Waals surface area contributed by atoms with Gasteiger partial charge in [0.15, 0.2) is 0 Å². The Morgan fingerprint density at radius 1 is 1.25 bits per heavy atom. The van der Waals surface area contributed by atoms with Crippen LogP contribution in [0.2, 0.25) is 0 Å². The van der Waals surface area contributed by atoms with E-state index in [4.69, 9.17) is 0 Å². The third kappa shape index (κ3) is 2.99. The zero-order chi connectivity index (χ0) is 16.4. The summed E-state index contributed by atoms with van der Waals surface area (Å²) in [5.41, 5.74) is 3.19. The fourth-order valence-electron chi connectivity index (χ4n) is 3.47. The number of rotatable bonds is 4. The molecule has 0 aliphatic carbocycles. The molecule has 1 aliphatic rings. The van der Waals surface area contributed by atoms with Crippen LogP contribution >= 0.6 is 0 Å². The normalized spacial score (nSPS) is 19.3. The zero-order valence-corrected chi connectivity index (χ0v) is 13.9. The van der Waals surface area contributed by atoms with E-state index in [1.807, 2.05) is 36.8 Å². The maximum absolute atomic E-state index is 4.50. The van der Waals surface area contributed by atoms with E-state index < -0.39 is 0 Å². The molecule has 0 spiro atoms. The molecule has 2 aromatic heterocycles. The van der Waals surface area contributed by atoms with Crippen molar-refractivity contribution in [1.82, 2.24) is 19.9 Å². The third-order valence-corrected chi connectivity index (χ3v) is 4.89. The van der Waals surface area contributed by atoms with Gasteiger partial charge < -0.3 is 10.6 Å². The van der Waals surface area contributed by atoms with Gasteiger partial charge in [0.25, 0.3) is 0 Å². The van der Waals surface area contributed by atoms with E-state index in [-0.39, 0.29) is 0 Å². The molecule has 0 radical (unpaired) electrons. The Bertz CT molecular complexity index is 819. The minimum atomic E-state index is 0.403. The molecule has 3 aromatic rings. The Morgan fingerprint density at radius 3 is 3.04 bits per heavy atom. The summed E-state index contributed by atoms with van der Waals surface area (Å²) >= 11 is 0. The summed E-state index contributed by atoms with van der Waals surface area (Å²) in [7, 11) is 0. The van der Waals surface area contributed by atoms with Gasteiger partial charge in [-0.3, -0.25) is 4.57 Å². The Morgan fingerprint density at radius 2 is 2.17 bits per heavy atom. The molecule has 0 bridgehead atoms. The van der Waals surface area contributed by atoms with Crippen molar-refractivity contribution in [3.63, 3.8) is 0 Å². The van der Waals surface area contributed by atoms with Crippen LogP contribution in [-0.2, 0) is 0 Å². The summed E-state index contributed by atoms with van der Waals surface area (Å²) in [6, 6.07) is 12.7. The van der Waals surface area contributed by atoms with Crippen LogP contribution in [-0.4, -0.2) is 33.7 Å². The summed E-state index contributed by atoms with van der Waals surface area (Å²) in [5, 5.41) is 7.06. The molecule has 5 nitrogen and oxygen atoms in total. The van der Waals surface area contributed by atoms with Crippen LogP contribution in [0, 0.1) is 5.92 Å². The first-order valence-corrected chi connectivity index (χ1v) is 8.67. The number of nitrogens with zero attached hydrogens (tertiary/aromatic N) is 3. The molecule has 1 saturated heterocycles. The van der Waals surface area contributed by atoms with Crippen molar-refractivity contribution in [2.45, 2.75) is 25.8 Å². The number of pyridine rings is 1. The van der Waals surface area contributed by atoms with Crippen molar-refractivity contribution in [2.24, 2.45) is 5.92 Å². The number of nitrogens with one attached hydrogen (secondary N) is 2. The highest BCUT2D eigenvalue weighted by Crippen LogP contribution is 2.21. The summed E-state index contributed by atoms with van der Waals surface area (Å²) in [6.45, 7) is 4.48. The predicted molar refractivity (Wildman–Crippen MR) is 97.5 cm³/mol. The number of hydrogen-bond acceptors (Lipinski definition) is 4. The van der Waals surface area contributed by atoms with Crippen LogP contribution in [0.5, 0.6) is 0 Å². The van der Waals surface area contributed by atoms with E-state index in [0.29, 0.717) is 12.0 Å². The van der Waals surface area contributed by atoms with E-state index in [0.717, 1.165) is 35.6 Å². The average Bonchev–Trinajstić information content (AvgIpc) is 3.07. The van der Waals surface area contributed by atoms with Crippen molar-refractivity contribution >= 4 is 16.9 Å². The second kappa shape index (κ2) is 6.61. The quantitative estimate of drug-likeness (QED) is 0.775. The molecule has 124 valence electrons. The third-order valence-electron chi connectivity index (χ3n) is 4.89. The van der Waals surface area contributed by atoms with E-state index in [1.165, 1.54) is 12.8 Å². The minimum absolute atomic E-state index is 0.403. The summed E-state index contributed by atoms with van der Waals surface area (Å²) in [4.78, 5) is 8.97. The van der Waals surface area contributed by atoms with Gasteiger partial charge in [0, 0.05) is 18.3 Å². The number of benzene rings is 1. The number of hydrogen-bond donors (Lipinski definition) is 2. The van der Waals surface area contributed by atoms with Gasteiger partial charge in [0.2, 0.25) is 0 Å². The summed E-state index contributed by atoms with van der Waals surface area (Å²) in [5.74, 6) is 1.57. The first-order valence-electron chi connectivity index (χ1n) is 8.67. The number of fused-ring (bicyclic) bond motifs is 1. The van der Waals surface area contributed by atoms with Crippen LogP contribution < -0.4 is 10.6 Å². The standard InChI is InChI=1S/C19H23N5/c1-14(15-5-4-9-20-12-15)23-19-11-16(8-10-21-19)24-13-22-17-6-2-3-7-18(17)24/h2-3,6-8,10-11,13-15,20H,4-5,9,12H2,1H3,(H,21,23). The molecule has 24 heavy (non-hydrogen) atoms.